The zero-order valence-electron chi connectivity index (χ0n) is 11.5. The molecule has 0 saturated heterocycles. The lowest BCUT2D eigenvalue weighted by Crippen LogP contribution is -2.30. The molecular formula is C16H15ClF3NO. The molecule has 3 N–H and O–H groups in total. The molecule has 0 aliphatic heterocycles. The van der Waals surface area contributed by atoms with Gasteiger partial charge < -0.3 is 10.8 Å². The lowest BCUT2D eigenvalue weighted by molar-refractivity contribution is -0.138. The summed E-state index contributed by atoms with van der Waals surface area (Å²) in [6, 6.07) is 11.2. The van der Waals surface area contributed by atoms with Gasteiger partial charge in [0, 0.05) is 11.4 Å². The molecule has 0 bridgehead atoms. The Morgan fingerprint density at radius 3 is 2.32 bits per heavy atom. The van der Waals surface area contributed by atoms with Crippen molar-refractivity contribution in [2.75, 3.05) is 0 Å². The molecule has 118 valence electrons. The number of halogens is 4. The minimum absolute atomic E-state index is 0.0270. The Morgan fingerprint density at radius 2 is 1.73 bits per heavy atom. The molecule has 2 rings (SSSR count). The van der Waals surface area contributed by atoms with E-state index in [1.807, 2.05) is 6.07 Å². The monoisotopic (exact) mass is 329 g/mol. The zero-order valence-corrected chi connectivity index (χ0v) is 12.3. The summed E-state index contributed by atoms with van der Waals surface area (Å²) >= 11 is 5.63. The number of nitrogens with two attached hydrogens (primary N) is 1. The summed E-state index contributed by atoms with van der Waals surface area (Å²) in [5.41, 5.74) is 5.56. The fourth-order valence-electron chi connectivity index (χ4n) is 2.25. The summed E-state index contributed by atoms with van der Waals surface area (Å²) in [6.45, 7) is 0. The topological polar surface area (TPSA) is 46.2 Å². The van der Waals surface area contributed by atoms with E-state index in [0.717, 1.165) is 11.6 Å². The largest absolute Gasteiger partial charge is 0.416 e. The summed E-state index contributed by atoms with van der Waals surface area (Å²) in [5.74, 6) is 0. The van der Waals surface area contributed by atoms with Crippen molar-refractivity contribution in [2.24, 2.45) is 5.73 Å². The van der Waals surface area contributed by atoms with Crippen molar-refractivity contribution < 1.29 is 18.3 Å². The summed E-state index contributed by atoms with van der Waals surface area (Å²) < 4.78 is 39.2. The highest BCUT2D eigenvalue weighted by Crippen LogP contribution is 2.36. The van der Waals surface area contributed by atoms with Crippen molar-refractivity contribution in [3.05, 3.63) is 70.2 Å². The molecule has 2 aromatic carbocycles. The Balaban J connectivity index is 2.27. The van der Waals surface area contributed by atoms with Gasteiger partial charge in [0.25, 0.3) is 0 Å². The van der Waals surface area contributed by atoms with Crippen molar-refractivity contribution in [1.82, 2.24) is 0 Å². The lowest BCUT2D eigenvalue weighted by Gasteiger charge is -2.23. The first-order chi connectivity index (χ1) is 10.3. The number of alkyl halides is 3. The maximum atomic E-state index is 13.1. The van der Waals surface area contributed by atoms with E-state index in [1.165, 1.54) is 12.1 Å². The van der Waals surface area contributed by atoms with Crippen LogP contribution in [0.4, 0.5) is 13.2 Å². The SMILES string of the molecule is N[C@@H](c1ccc(Cl)cc1C(F)(F)F)[C@H](O)Cc1ccccc1. The van der Waals surface area contributed by atoms with Crippen LogP contribution in [0.15, 0.2) is 48.5 Å². The van der Waals surface area contributed by atoms with E-state index in [0.29, 0.717) is 0 Å². The third-order valence-electron chi connectivity index (χ3n) is 3.38. The highest BCUT2D eigenvalue weighted by atomic mass is 35.5. The van der Waals surface area contributed by atoms with Crippen LogP contribution >= 0.6 is 11.6 Å². The van der Waals surface area contributed by atoms with E-state index in [1.54, 1.807) is 24.3 Å². The highest BCUT2D eigenvalue weighted by Gasteiger charge is 2.36. The molecule has 0 aliphatic carbocycles. The summed E-state index contributed by atoms with van der Waals surface area (Å²) in [6.07, 6.45) is -5.55. The molecule has 22 heavy (non-hydrogen) atoms. The zero-order chi connectivity index (χ0) is 16.3. The van der Waals surface area contributed by atoms with Crippen molar-refractivity contribution in [2.45, 2.75) is 24.7 Å². The average molecular weight is 330 g/mol. The van der Waals surface area contributed by atoms with Gasteiger partial charge in [0.05, 0.1) is 17.7 Å². The second-order valence-electron chi connectivity index (χ2n) is 5.01. The van der Waals surface area contributed by atoms with Crippen molar-refractivity contribution in [3.8, 4) is 0 Å². The molecular weight excluding hydrogens is 315 g/mol. The van der Waals surface area contributed by atoms with Crippen molar-refractivity contribution >= 4 is 11.6 Å². The first kappa shape index (κ1) is 16.8. The molecule has 0 spiro atoms. The van der Waals surface area contributed by atoms with E-state index < -0.39 is 23.9 Å². The number of aliphatic hydroxyl groups is 1. The Bertz CT molecular complexity index is 631. The first-order valence-electron chi connectivity index (χ1n) is 6.63. The van der Waals surface area contributed by atoms with Gasteiger partial charge in [-0.05, 0) is 23.3 Å². The van der Waals surface area contributed by atoms with Gasteiger partial charge in [0.1, 0.15) is 0 Å². The third-order valence-corrected chi connectivity index (χ3v) is 3.62. The minimum Gasteiger partial charge on any atom is -0.391 e. The van der Waals surface area contributed by atoms with Crippen LogP contribution in [0.3, 0.4) is 0 Å². The second-order valence-corrected chi connectivity index (χ2v) is 5.45. The Hall–Kier alpha value is -1.56. The molecule has 0 amide bonds. The molecule has 0 fully saturated rings. The van der Waals surface area contributed by atoms with Crippen LogP contribution in [0.1, 0.15) is 22.7 Å². The molecule has 2 atom stereocenters. The molecule has 0 aromatic heterocycles. The predicted octanol–water partition coefficient (Wildman–Crippen LogP) is 3.96. The average Bonchev–Trinajstić information content (AvgIpc) is 2.46. The molecule has 0 heterocycles. The normalized spacial score (nSPS) is 14.6. The number of hydrogen-bond donors (Lipinski definition) is 2. The lowest BCUT2D eigenvalue weighted by atomic mass is 9.93. The number of aliphatic hydroxyl groups excluding tert-OH is 1. The highest BCUT2D eigenvalue weighted by molar-refractivity contribution is 6.30. The summed E-state index contributed by atoms with van der Waals surface area (Å²) in [4.78, 5) is 0. The van der Waals surface area contributed by atoms with E-state index in [2.05, 4.69) is 0 Å². The van der Waals surface area contributed by atoms with Gasteiger partial charge in [-0.3, -0.25) is 0 Å². The summed E-state index contributed by atoms with van der Waals surface area (Å²) in [7, 11) is 0. The fraction of sp³-hybridized carbons (Fsp3) is 0.250. The second kappa shape index (κ2) is 6.69. The van der Waals surface area contributed by atoms with Gasteiger partial charge >= 0.3 is 6.18 Å². The van der Waals surface area contributed by atoms with Crippen LogP contribution in [0.2, 0.25) is 5.02 Å². The van der Waals surface area contributed by atoms with Gasteiger partial charge in [-0.2, -0.15) is 13.2 Å². The van der Waals surface area contributed by atoms with Crippen molar-refractivity contribution in [1.29, 1.82) is 0 Å². The Kier molecular flexibility index (Phi) is 5.11. The van der Waals surface area contributed by atoms with Gasteiger partial charge in [-0.15, -0.1) is 0 Å². The van der Waals surface area contributed by atoms with E-state index in [-0.39, 0.29) is 17.0 Å². The minimum atomic E-state index is -4.58. The third kappa shape index (κ3) is 4.00. The van der Waals surface area contributed by atoms with Gasteiger partial charge in [-0.1, -0.05) is 48.0 Å². The van der Waals surface area contributed by atoms with Crippen LogP contribution < -0.4 is 5.73 Å². The van der Waals surface area contributed by atoms with Crippen LogP contribution in [0.5, 0.6) is 0 Å². The predicted molar refractivity (Wildman–Crippen MR) is 79.5 cm³/mol. The Labute approximate surface area is 131 Å². The van der Waals surface area contributed by atoms with Gasteiger partial charge in [-0.25, -0.2) is 0 Å². The number of benzene rings is 2. The molecule has 0 saturated carbocycles. The van der Waals surface area contributed by atoms with Crippen LogP contribution in [-0.4, -0.2) is 11.2 Å². The maximum absolute atomic E-state index is 13.1. The van der Waals surface area contributed by atoms with Crippen LogP contribution in [-0.2, 0) is 12.6 Å². The Morgan fingerprint density at radius 1 is 1.09 bits per heavy atom. The molecule has 6 heteroatoms. The standard InChI is InChI=1S/C16H15ClF3NO/c17-11-6-7-12(13(9-11)16(18,19)20)15(21)14(22)8-10-4-2-1-3-5-10/h1-7,9,14-15,22H,8,21H2/t14-,15+/m1/s1. The van der Waals surface area contributed by atoms with Crippen molar-refractivity contribution in [3.63, 3.8) is 0 Å². The quantitative estimate of drug-likeness (QED) is 0.891. The first-order valence-corrected chi connectivity index (χ1v) is 7.01. The van der Waals surface area contributed by atoms with Crippen LogP contribution in [0, 0.1) is 0 Å². The maximum Gasteiger partial charge on any atom is 0.416 e. The number of rotatable bonds is 4. The van der Waals surface area contributed by atoms with E-state index in [9.17, 15) is 18.3 Å². The smallest absolute Gasteiger partial charge is 0.391 e. The molecule has 2 aromatic rings. The number of hydrogen-bond acceptors (Lipinski definition) is 2. The van der Waals surface area contributed by atoms with Crippen LogP contribution in [0.25, 0.3) is 0 Å². The molecule has 0 radical (unpaired) electrons. The molecule has 0 aliphatic rings. The van der Waals surface area contributed by atoms with Gasteiger partial charge in [0.15, 0.2) is 0 Å². The molecule has 0 unspecified atom stereocenters. The van der Waals surface area contributed by atoms with E-state index in [4.69, 9.17) is 17.3 Å². The van der Waals surface area contributed by atoms with Gasteiger partial charge in [0.2, 0.25) is 0 Å². The van der Waals surface area contributed by atoms with E-state index >= 15 is 0 Å². The summed E-state index contributed by atoms with van der Waals surface area (Å²) in [5, 5.41) is 10.1. The fourth-order valence-corrected chi connectivity index (χ4v) is 2.43. The molecule has 2 nitrogen and oxygen atoms in total.